The lowest BCUT2D eigenvalue weighted by Gasteiger charge is -2.16. The summed E-state index contributed by atoms with van der Waals surface area (Å²) in [7, 11) is 3.38. The first-order valence-corrected chi connectivity index (χ1v) is 4.75. The first-order chi connectivity index (χ1) is 7.10. The summed E-state index contributed by atoms with van der Waals surface area (Å²) >= 11 is 0. The molecule has 0 radical (unpaired) electrons. The highest BCUT2D eigenvalue weighted by molar-refractivity contribution is 5.64. The van der Waals surface area contributed by atoms with Gasteiger partial charge >= 0.3 is 0 Å². The molecular weight excluding hydrogens is 196 g/mol. The van der Waals surface area contributed by atoms with Gasteiger partial charge in [0.25, 0.3) is 0 Å². The minimum atomic E-state index is -0.174. The Morgan fingerprint density at radius 3 is 2.73 bits per heavy atom. The highest BCUT2D eigenvalue weighted by atomic mass is 16.5. The standard InChI is InChI=1S/C9H18N4O2/c1-6-8(10)9(13(2)12-6)11-7(4-14)5-15-3/h7,11,14H,4-5,10H2,1-3H3. The maximum atomic E-state index is 9.09. The highest BCUT2D eigenvalue weighted by Gasteiger charge is 2.14. The number of hydrogen-bond acceptors (Lipinski definition) is 5. The van der Waals surface area contributed by atoms with Crippen LogP contribution in [0.5, 0.6) is 0 Å². The third-order valence-electron chi connectivity index (χ3n) is 2.20. The van der Waals surface area contributed by atoms with Gasteiger partial charge in [0.15, 0.2) is 0 Å². The number of ether oxygens (including phenoxy) is 1. The van der Waals surface area contributed by atoms with Crippen LogP contribution in [0, 0.1) is 6.92 Å². The predicted octanol–water partition coefficient (Wildman–Crippen LogP) is -0.270. The third kappa shape index (κ3) is 2.60. The van der Waals surface area contributed by atoms with Gasteiger partial charge in [0, 0.05) is 14.2 Å². The zero-order valence-electron chi connectivity index (χ0n) is 9.32. The second-order valence-corrected chi connectivity index (χ2v) is 3.45. The first kappa shape index (κ1) is 11.8. The number of aromatic nitrogens is 2. The summed E-state index contributed by atoms with van der Waals surface area (Å²) in [5.41, 5.74) is 7.21. The summed E-state index contributed by atoms with van der Waals surface area (Å²) in [6, 6.07) is -0.174. The van der Waals surface area contributed by atoms with Crippen LogP contribution in [0.2, 0.25) is 0 Å². The monoisotopic (exact) mass is 214 g/mol. The van der Waals surface area contributed by atoms with Gasteiger partial charge in [0.2, 0.25) is 0 Å². The predicted molar refractivity (Wildman–Crippen MR) is 58.7 cm³/mol. The van der Waals surface area contributed by atoms with Crippen LogP contribution < -0.4 is 11.1 Å². The Morgan fingerprint density at radius 1 is 1.67 bits per heavy atom. The molecule has 0 bridgehead atoms. The van der Waals surface area contributed by atoms with Crippen LogP contribution in [0.25, 0.3) is 0 Å². The van der Waals surface area contributed by atoms with Crippen LogP contribution in [0.1, 0.15) is 5.69 Å². The topological polar surface area (TPSA) is 85.3 Å². The summed E-state index contributed by atoms with van der Waals surface area (Å²) in [5.74, 6) is 0.712. The van der Waals surface area contributed by atoms with E-state index < -0.39 is 0 Å². The normalized spacial score (nSPS) is 12.8. The molecule has 6 nitrogen and oxygen atoms in total. The first-order valence-electron chi connectivity index (χ1n) is 4.75. The molecule has 0 aliphatic rings. The minimum absolute atomic E-state index is 0.0164. The lowest BCUT2D eigenvalue weighted by Crippen LogP contribution is -2.30. The van der Waals surface area contributed by atoms with Gasteiger partial charge in [-0.25, -0.2) is 0 Å². The number of nitrogens with one attached hydrogen (secondary N) is 1. The number of nitrogen functional groups attached to an aromatic ring is 1. The van der Waals surface area contributed by atoms with E-state index in [-0.39, 0.29) is 12.6 Å². The number of hydrogen-bond donors (Lipinski definition) is 3. The second kappa shape index (κ2) is 4.99. The Morgan fingerprint density at radius 2 is 2.33 bits per heavy atom. The molecule has 1 heterocycles. The van der Waals surface area contributed by atoms with Gasteiger partial charge in [-0.1, -0.05) is 0 Å². The van der Waals surface area contributed by atoms with E-state index in [1.165, 1.54) is 0 Å². The van der Waals surface area contributed by atoms with Crippen molar-refractivity contribution in [3.05, 3.63) is 5.69 Å². The maximum Gasteiger partial charge on any atom is 0.148 e. The van der Waals surface area contributed by atoms with Gasteiger partial charge < -0.3 is 20.9 Å². The SMILES string of the molecule is COCC(CO)Nc1c(N)c(C)nn1C. The second-order valence-electron chi connectivity index (χ2n) is 3.45. The number of nitrogens with two attached hydrogens (primary N) is 1. The Hall–Kier alpha value is -1.27. The van der Waals surface area contributed by atoms with Crippen molar-refractivity contribution >= 4 is 11.5 Å². The Kier molecular flexibility index (Phi) is 3.93. The lowest BCUT2D eigenvalue weighted by atomic mass is 10.3. The number of aliphatic hydroxyl groups is 1. The van der Waals surface area contributed by atoms with Crippen LogP contribution in [-0.4, -0.2) is 41.3 Å². The summed E-state index contributed by atoms with van der Waals surface area (Å²) in [6.07, 6.45) is 0. The van der Waals surface area contributed by atoms with Crippen molar-refractivity contribution in [2.75, 3.05) is 31.4 Å². The molecule has 0 saturated heterocycles. The van der Waals surface area contributed by atoms with E-state index in [1.807, 2.05) is 6.92 Å². The van der Waals surface area contributed by atoms with E-state index in [9.17, 15) is 0 Å². The summed E-state index contributed by atoms with van der Waals surface area (Å²) in [6.45, 7) is 2.24. The Balaban J connectivity index is 2.78. The molecule has 0 aliphatic carbocycles. The fraction of sp³-hybridized carbons (Fsp3) is 0.667. The smallest absolute Gasteiger partial charge is 0.148 e. The minimum Gasteiger partial charge on any atom is -0.394 e. The van der Waals surface area contributed by atoms with Crippen molar-refractivity contribution in [2.24, 2.45) is 7.05 Å². The molecule has 1 unspecified atom stereocenters. The number of nitrogens with zero attached hydrogens (tertiary/aromatic N) is 2. The fourth-order valence-corrected chi connectivity index (χ4v) is 1.38. The van der Waals surface area contributed by atoms with E-state index in [4.69, 9.17) is 15.6 Å². The molecule has 0 aliphatic heterocycles. The number of methoxy groups -OCH3 is 1. The fourth-order valence-electron chi connectivity index (χ4n) is 1.38. The molecule has 1 rings (SSSR count). The third-order valence-corrected chi connectivity index (χ3v) is 2.20. The van der Waals surface area contributed by atoms with E-state index in [0.717, 1.165) is 5.69 Å². The molecule has 0 amide bonds. The lowest BCUT2D eigenvalue weighted by molar-refractivity contribution is 0.153. The molecule has 6 heteroatoms. The highest BCUT2D eigenvalue weighted by Crippen LogP contribution is 2.21. The van der Waals surface area contributed by atoms with Crippen LogP contribution in [0.3, 0.4) is 0 Å². The van der Waals surface area contributed by atoms with Gasteiger partial charge in [0.1, 0.15) is 5.82 Å². The zero-order valence-corrected chi connectivity index (χ0v) is 9.32. The van der Waals surface area contributed by atoms with Crippen LogP contribution in [0.15, 0.2) is 0 Å². The van der Waals surface area contributed by atoms with Gasteiger partial charge in [-0.2, -0.15) is 5.10 Å². The molecule has 86 valence electrons. The van der Waals surface area contributed by atoms with Crippen molar-refractivity contribution < 1.29 is 9.84 Å². The van der Waals surface area contributed by atoms with Gasteiger partial charge in [-0.05, 0) is 6.92 Å². The van der Waals surface area contributed by atoms with Crippen LogP contribution in [-0.2, 0) is 11.8 Å². The molecular formula is C9H18N4O2. The quantitative estimate of drug-likeness (QED) is 0.628. The Bertz CT molecular complexity index is 324. The van der Waals surface area contributed by atoms with E-state index in [2.05, 4.69) is 10.4 Å². The van der Waals surface area contributed by atoms with Crippen molar-refractivity contribution in [3.8, 4) is 0 Å². The average Bonchev–Trinajstić information content (AvgIpc) is 2.44. The van der Waals surface area contributed by atoms with E-state index in [0.29, 0.717) is 18.1 Å². The van der Waals surface area contributed by atoms with Gasteiger partial charge in [0.05, 0.1) is 30.6 Å². The molecule has 15 heavy (non-hydrogen) atoms. The van der Waals surface area contributed by atoms with Crippen molar-refractivity contribution in [2.45, 2.75) is 13.0 Å². The summed E-state index contributed by atoms with van der Waals surface area (Å²) < 4.78 is 6.62. The number of anilines is 2. The van der Waals surface area contributed by atoms with Crippen molar-refractivity contribution in [1.82, 2.24) is 9.78 Å². The van der Waals surface area contributed by atoms with Crippen LogP contribution in [0.4, 0.5) is 11.5 Å². The number of aliphatic hydroxyl groups excluding tert-OH is 1. The summed E-state index contributed by atoms with van der Waals surface area (Å²) in [5, 5.41) is 16.3. The molecule has 0 fully saturated rings. The van der Waals surface area contributed by atoms with E-state index >= 15 is 0 Å². The summed E-state index contributed by atoms with van der Waals surface area (Å²) in [4.78, 5) is 0. The number of rotatable bonds is 5. The number of aryl methyl sites for hydroxylation is 2. The molecule has 1 atom stereocenters. The molecule has 0 saturated carbocycles. The molecule has 1 aromatic rings. The molecule has 4 N–H and O–H groups in total. The maximum absolute atomic E-state index is 9.09. The van der Waals surface area contributed by atoms with E-state index in [1.54, 1.807) is 18.8 Å². The van der Waals surface area contributed by atoms with Crippen molar-refractivity contribution in [3.63, 3.8) is 0 Å². The molecule has 1 aromatic heterocycles. The molecule has 0 aromatic carbocycles. The average molecular weight is 214 g/mol. The Labute approximate surface area is 89.0 Å². The van der Waals surface area contributed by atoms with Gasteiger partial charge in [-0.3, -0.25) is 4.68 Å². The zero-order chi connectivity index (χ0) is 11.4. The van der Waals surface area contributed by atoms with Gasteiger partial charge in [-0.15, -0.1) is 0 Å². The largest absolute Gasteiger partial charge is 0.394 e. The van der Waals surface area contributed by atoms with Crippen LogP contribution >= 0.6 is 0 Å². The van der Waals surface area contributed by atoms with Crippen molar-refractivity contribution in [1.29, 1.82) is 0 Å². The molecule has 0 spiro atoms.